The molecule has 1 aromatic rings. The van der Waals surface area contributed by atoms with E-state index < -0.39 is 10.4 Å². The Hall–Kier alpha value is -0.950. The van der Waals surface area contributed by atoms with Gasteiger partial charge in [-0.05, 0) is 6.92 Å². The topological polar surface area (TPSA) is 83.8 Å². The van der Waals surface area contributed by atoms with E-state index in [4.69, 9.17) is 18.2 Å². The normalized spacial score (nSPS) is 10.1. The summed E-state index contributed by atoms with van der Waals surface area (Å²) in [6.07, 6.45) is 0. The van der Waals surface area contributed by atoms with Crippen LogP contribution in [0.25, 0.3) is 0 Å². The van der Waals surface area contributed by atoms with Gasteiger partial charge in [-0.15, -0.1) is 0 Å². The molecule has 0 aliphatic rings. The zero-order valence-corrected chi connectivity index (χ0v) is 7.73. The highest BCUT2D eigenvalue weighted by molar-refractivity contribution is 7.80. The van der Waals surface area contributed by atoms with Crippen molar-refractivity contribution in [1.29, 1.82) is 0 Å². The van der Waals surface area contributed by atoms with Crippen molar-refractivity contribution in [3.63, 3.8) is 0 Å². The summed E-state index contributed by atoms with van der Waals surface area (Å²) >= 11 is 0. The quantitative estimate of drug-likeness (QED) is 0.410. The summed E-state index contributed by atoms with van der Waals surface area (Å²) in [6, 6.07) is 10.3. The van der Waals surface area contributed by atoms with Crippen LogP contribution in [0.3, 0.4) is 0 Å². The smallest absolute Gasteiger partial charge is 0.262 e. The summed E-state index contributed by atoms with van der Waals surface area (Å²) < 4.78 is 28.0. The largest absolute Gasteiger partial charge is 0.423 e. The molecule has 13 heavy (non-hydrogen) atoms. The number of hydrogen-bond donors (Lipinski definition) is 2. The minimum atomic E-state index is -4.61. The lowest BCUT2D eigenvalue weighted by Gasteiger charge is -1.82. The highest BCUT2D eigenvalue weighted by Crippen LogP contribution is 1.92. The molecule has 0 unspecified atom stereocenters. The molecule has 0 fully saturated rings. The standard InChI is InChI=1S/C7H8.H2O5S/c1-7-5-3-2-4-6-7;1-5-6(2,3)4/h2-6H,1H3;1H,(H,2,3,4). The molecule has 0 radical (unpaired) electrons. The Kier molecular flexibility index (Phi) is 5.24. The molecule has 0 aromatic heterocycles. The van der Waals surface area contributed by atoms with Crippen LogP contribution in [0.1, 0.15) is 5.56 Å². The van der Waals surface area contributed by atoms with Crippen LogP contribution in [0, 0.1) is 6.92 Å². The third-order valence-corrected chi connectivity index (χ3v) is 1.22. The van der Waals surface area contributed by atoms with Crippen molar-refractivity contribution in [3.8, 4) is 0 Å². The fraction of sp³-hybridized carbons (Fsp3) is 0.143. The summed E-state index contributed by atoms with van der Waals surface area (Å²) in [5.74, 6) is 0. The van der Waals surface area contributed by atoms with Crippen LogP contribution in [-0.2, 0) is 14.7 Å². The SMILES string of the molecule is Cc1ccccc1.O=S(=O)(O)OO. The summed E-state index contributed by atoms with van der Waals surface area (Å²) in [5, 5.41) is 7.06. The van der Waals surface area contributed by atoms with Crippen molar-refractivity contribution in [2.45, 2.75) is 6.92 Å². The van der Waals surface area contributed by atoms with E-state index >= 15 is 0 Å². The Labute approximate surface area is 76.5 Å². The molecule has 2 N–H and O–H groups in total. The van der Waals surface area contributed by atoms with E-state index in [-0.39, 0.29) is 0 Å². The lowest BCUT2D eigenvalue weighted by molar-refractivity contribution is -0.139. The predicted octanol–water partition coefficient (Wildman–Crippen LogP) is 1.27. The van der Waals surface area contributed by atoms with Gasteiger partial charge in [0.25, 0.3) is 0 Å². The lowest BCUT2D eigenvalue weighted by atomic mass is 10.2. The average molecular weight is 206 g/mol. The average Bonchev–Trinajstić information content (AvgIpc) is 2.06. The zero-order chi connectivity index (χ0) is 10.3. The number of rotatable bonds is 1. The molecule has 0 saturated carbocycles. The molecule has 0 aliphatic heterocycles. The van der Waals surface area contributed by atoms with Crippen molar-refractivity contribution in [2.75, 3.05) is 0 Å². The molecule has 0 heterocycles. The van der Waals surface area contributed by atoms with E-state index in [1.165, 1.54) is 5.56 Å². The van der Waals surface area contributed by atoms with E-state index in [9.17, 15) is 0 Å². The Bertz CT molecular complexity index is 318. The van der Waals surface area contributed by atoms with Crippen molar-refractivity contribution in [2.24, 2.45) is 0 Å². The second-order valence-electron chi connectivity index (χ2n) is 2.16. The van der Waals surface area contributed by atoms with Crippen LogP contribution in [-0.4, -0.2) is 18.2 Å². The van der Waals surface area contributed by atoms with Crippen molar-refractivity contribution in [1.82, 2.24) is 0 Å². The molecule has 0 saturated heterocycles. The molecule has 74 valence electrons. The van der Waals surface area contributed by atoms with Gasteiger partial charge in [-0.1, -0.05) is 40.2 Å². The van der Waals surface area contributed by atoms with Gasteiger partial charge in [0.2, 0.25) is 0 Å². The molecular formula is C7H10O5S. The fourth-order valence-electron chi connectivity index (χ4n) is 0.534. The Morgan fingerprint density at radius 2 is 1.62 bits per heavy atom. The predicted molar refractivity (Wildman–Crippen MR) is 46.4 cm³/mol. The fourth-order valence-corrected chi connectivity index (χ4v) is 0.534. The van der Waals surface area contributed by atoms with Crippen LogP contribution >= 0.6 is 0 Å². The molecule has 5 nitrogen and oxygen atoms in total. The maximum absolute atomic E-state index is 9.08. The van der Waals surface area contributed by atoms with Crippen LogP contribution < -0.4 is 0 Å². The van der Waals surface area contributed by atoms with Gasteiger partial charge in [-0.2, -0.15) is 8.42 Å². The van der Waals surface area contributed by atoms with Crippen LogP contribution in [0.15, 0.2) is 30.3 Å². The molecular weight excluding hydrogens is 196 g/mol. The van der Waals surface area contributed by atoms with Gasteiger partial charge in [0, 0.05) is 0 Å². The zero-order valence-electron chi connectivity index (χ0n) is 6.91. The monoisotopic (exact) mass is 206 g/mol. The van der Waals surface area contributed by atoms with Crippen molar-refractivity contribution < 1.29 is 22.6 Å². The van der Waals surface area contributed by atoms with Crippen molar-refractivity contribution >= 4 is 10.4 Å². The molecule has 0 atom stereocenters. The number of hydrogen-bond acceptors (Lipinski definition) is 4. The molecule has 0 aliphatic carbocycles. The van der Waals surface area contributed by atoms with Gasteiger partial charge in [0.05, 0.1) is 0 Å². The van der Waals surface area contributed by atoms with E-state index in [0.717, 1.165) is 0 Å². The third kappa shape index (κ3) is 8.96. The van der Waals surface area contributed by atoms with Gasteiger partial charge in [-0.25, -0.2) is 5.26 Å². The first-order valence-electron chi connectivity index (χ1n) is 3.28. The highest BCUT2D eigenvalue weighted by atomic mass is 32.3. The summed E-state index contributed by atoms with van der Waals surface area (Å²) in [7, 11) is -4.61. The van der Waals surface area contributed by atoms with E-state index in [1.54, 1.807) is 0 Å². The molecule has 6 heteroatoms. The van der Waals surface area contributed by atoms with Gasteiger partial charge in [-0.3, -0.25) is 4.55 Å². The second kappa shape index (κ2) is 5.65. The number of benzene rings is 1. The van der Waals surface area contributed by atoms with Gasteiger partial charge in [0.1, 0.15) is 0 Å². The van der Waals surface area contributed by atoms with E-state index in [2.05, 4.69) is 23.4 Å². The summed E-state index contributed by atoms with van der Waals surface area (Å²) in [5.41, 5.74) is 1.32. The third-order valence-electron chi connectivity index (χ3n) is 1.03. The van der Waals surface area contributed by atoms with Crippen molar-refractivity contribution in [3.05, 3.63) is 35.9 Å². The lowest BCUT2D eigenvalue weighted by Crippen LogP contribution is -1.97. The van der Waals surface area contributed by atoms with Crippen LogP contribution in [0.5, 0.6) is 0 Å². The summed E-state index contributed by atoms with van der Waals surface area (Å²) in [6.45, 7) is 2.08. The Balaban J connectivity index is 0.000000226. The Morgan fingerprint density at radius 1 is 1.23 bits per heavy atom. The molecule has 1 rings (SSSR count). The summed E-state index contributed by atoms with van der Waals surface area (Å²) in [4.78, 5) is 0. The maximum atomic E-state index is 9.08. The van der Waals surface area contributed by atoms with Gasteiger partial charge < -0.3 is 0 Å². The van der Waals surface area contributed by atoms with Crippen LogP contribution in [0.2, 0.25) is 0 Å². The van der Waals surface area contributed by atoms with Crippen LogP contribution in [0.4, 0.5) is 0 Å². The van der Waals surface area contributed by atoms with E-state index in [0.29, 0.717) is 0 Å². The molecule has 1 aromatic carbocycles. The molecule has 0 bridgehead atoms. The highest BCUT2D eigenvalue weighted by Gasteiger charge is 1.97. The first kappa shape index (κ1) is 12.0. The first-order valence-corrected chi connectivity index (χ1v) is 4.64. The molecule has 0 amide bonds. The molecule has 0 spiro atoms. The first-order chi connectivity index (χ1) is 5.95. The van der Waals surface area contributed by atoms with Gasteiger partial charge >= 0.3 is 10.4 Å². The maximum Gasteiger partial charge on any atom is 0.423 e. The minimum Gasteiger partial charge on any atom is -0.262 e. The Morgan fingerprint density at radius 3 is 1.77 bits per heavy atom. The van der Waals surface area contributed by atoms with E-state index in [1.807, 2.05) is 18.2 Å². The number of aryl methyl sites for hydroxylation is 1. The minimum absolute atomic E-state index is 1.32. The second-order valence-corrected chi connectivity index (χ2v) is 3.16. The van der Waals surface area contributed by atoms with Gasteiger partial charge in [0.15, 0.2) is 0 Å².